The lowest BCUT2D eigenvalue weighted by Crippen LogP contribution is -2.23. The van der Waals surface area contributed by atoms with Crippen LogP contribution in [0.2, 0.25) is 0 Å². The summed E-state index contributed by atoms with van der Waals surface area (Å²) < 4.78 is 40.6. The topological polar surface area (TPSA) is 12.0 Å². The highest BCUT2D eigenvalue weighted by atomic mass is 32.1. The van der Waals surface area contributed by atoms with Crippen LogP contribution in [0.1, 0.15) is 41.6 Å². The van der Waals surface area contributed by atoms with Crippen LogP contribution in [-0.2, 0) is 6.42 Å². The second kappa shape index (κ2) is 7.09. The lowest BCUT2D eigenvalue weighted by molar-refractivity contribution is 0.480. The van der Waals surface area contributed by atoms with E-state index in [1.165, 1.54) is 4.88 Å². The largest absolute Gasteiger partial charge is 0.306 e. The van der Waals surface area contributed by atoms with Gasteiger partial charge in [0, 0.05) is 21.4 Å². The molecule has 0 amide bonds. The smallest absolute Gasteiger partial charge is 0.161 e. The molecule has 0 radical (unpaired) electrons. The first-order valence-electron chi connectivity index (χ1n) is 7.03. The summed E-state index contributed by atoms with van der Waals surface area (Å²) in [6.07, 6.45) is 1.76. The van der Waals surface area contributed by atoms with Crippen LogP contribution in [0.3, 0.4) is 0 Å². The maximum atomic E-state index is 14.0. The minimum Gasteiger partial charge on any atom is -0.306 e. The number of rotatable bonds is 6. The van der Waals surface area contributed by atoms with E-state index < -0.39 is 23.5 Å². The van der Waals surface area contributed by atoms with Gasteiger partial charge in [-0.25, -0.2) is 13.2 Å². The van der Waals surface area contributed by atoms with Gasteiger partial charge in [0.15, 0.2) is 11.6 Å². The highest BCUT2D eigenvalue weighted by Gasteiger charge is 2.21. The van der Waals surface area contributed by atoms with Gasteiger partial charge in [0.2, 0.25) is 0 Å². The average molecular weight is 313 g/mol. The molecule has 0 spiro atoms. The summed E-state index contributed by atoms with van der Waals surface area (Å²) in [5.74, 6) is -2.91. The summed E-state index contributed by atoms with van der Waals surface area (Å²) in [6, 6.07) is 5.00. The van der Waals surface area contributed by atoms with Gasteiger partial charge in [0.1, 0.15) is 5.82 Å². The number of thiophene rings is 1. The average Bonchev–Trinajstić information content (AvgIpc) is 2.93. The molecule has 1 N–H and O–H groups in total. The molecule has 0 fully saturated rings. The van der Waals surface area contributed by atoms with Crippen LogP contribution in [0.15, 0.2) is 24.3 Å². The van der Waals surface area contributed by atoms with Crippen molar-refractivity contribution in [3.8, 4) is 0 Å². The van der Waals surface area contributed by atoms with E-state index in [0.717, 1.165) is 23.8 Å². The Kier molecular flexibility index (Phi) is 5.42. The first-order chi connectivity index (χ1) is 10.1. The highest BCUT2D eigenvalue weighted by Crippen LogP contribution is 2.31. The summed E-state index contributed by atoms with van der Waals surface area (Å²) in [4.78, 5) is 2.08. The fourth-order valence-electron chi connectivity index (χ4n) is 2.15. The van der Waals surface area contributed by atoms with E-state index in [9.17, 15) is 13.2 Å². The lowest BCUT2D eigenvalue weighted by atomic mass is 10.0. The molecule has 0 bridgehead atoms. The second-order valence-corrected chi connectivity index (χ2v) is 6.03. The van der Waals surface area contributed by atoms with Crippen molar-refractivity contribution < 1.29 is 13.2 Å². The zero-order valence-corrected chi connectivity index (χ0v) is 12.9. The van der Waals surface area contributed by atoms with Gasteiger partial charge in [0.05, 0.1) is 6.04 Å². The highest BCUT2D eigenvalue weighted by molar-refractivity contribution is 7.12. The van der Waals surface area contributed by atoms with Crippen molar-refractivity contribution in [1.82, 2.24) is 5.32 Å². The number of hydrogen-bond acceptors (Lipinski definition) is 2. The molecule has 0 saturated carbocycles. The van der Waals surface area contributed by atoms with E-state index in [1.54, 1.807) is 11.3 Å². The molecule has 1 aromatic heterocycles. The van der Waals surface area contributed by atoms with Gasteiger partial charge in [0.25, 0.3) is 0 Å². The molecule has 1 aromatic carbocycles. The van der Waals surface area contributed by atoms with Crippen molar-refractivity contribution >= 4 is 11.3 Å². The Morgan fingerprint density at radius 1 is 1.05 bits per heavy atom. The summed E-state index contributed by atoms with van der Waals surface area (Å²) in [5, 5.41) is 3.21. The molecule has 0 aliphatic carbocycles. The minimum atomic E-state index is -1.16. The van der Waals surface area contributed by atoms with Crippen LogP contribution >= 0.6 is 11.3 Å². The number of aryl methyl sites for hydroxylation is 1. The predicted octanol–water partition coefficient (Wildman–Crippen LogP) is 4.82. The van der Waals surface area contributed by atoms with Crippen molar-refractivity contribution in [2.24, 2.45) is 0 Å². The van der Waals surface area contributed by atoms with Crippen LogP contribution in [0, 0.1) is 17.5 Å². The molecule has 2 aromatic rings. The third-order valence-electron chi connectivity index (χ3n) is 3.26. The molecule has 114 valence electrons. The molecular weight excluding hydrogens is 295 g/mol. The Balaban J connectivity index is 2.42. The third-order valence-corrected chi connectivity index (χ3v) is 4.56. The van der Waals surface area contributed by atoms with Crippen LogP contribution in [-0.4, -0.2) is 6.54 Å². The molecule has 5 heteroatoms. The molecule has 2 rings (SSSR count). The molecule has 1 atom stereocenters. The van der Waals surface area contributed by atoms with Gasteiger partial charge in [-0.3, -0.25) is 0 Å². The maximum Gasteiger partial charge on any atom is 0.161 e. The minimum absolute atomic E-state index is 0.145. The zero-order valence-electron chi connectivity index (χ0n) is 12.1. The SMILES string of the molecule is CCCNC(c1ccc(CC)s1)c1cc(F)c(F)cc1F. The summed E-state index contributed by atoms with van der Waals surface area (Å²) in [6.45, 7) is 4.71. The van der Waals surface area contributed by atoms with Gasteiger partial charge in [-0.05, 0) is 37.6 Å². The molecule has 1 nitrogen and oxygen atoms in total. The number of nitrogens with one attached hydrogen (secondary N) is 1. The zero-order chi connectivity index (χ0) is 15.4. The van der Waals surface area contributed by atoms with Crippen LogP contribution in [0.25, 0.3) is 0 Å². The van der Waals surface area contributed by atoms with Gasteiger partial charge >= 0.3 is 0 Å². The maximum absolute atomic E-state index is 14.0. The van der Waals surface area contributed by atoms with Gasteiger partial charge in [-0.1, -0.05) is 13.8 Å². The Bertz CT molecular complexity index is 610. The lowest BCUT2D eigenvalue weighted by Gasteiger charge is -2.18. The fourth-order valence-corrected chi connectivity index (χ4v) is 3.20. The molecule has 0 aliphatic rings. The van der Waals surface area contributed by atoms with Crippen LogP contribution < -0.4 is 5.32 Å². The number of halogens is 3. The number of hydrogen-bond donors (Lipinski definition) is 1. The van der Waals surface area contributed by atoms with E-state index in [2.05, 4.69) is 5.32 Å². The van der Waals surface area contributed by atoms with Crippen LogP contribution in [0.5, 0.6) is 0 Å². The van der Waals surface area contributed by atoms with Gasteiger partial charge in [-0.15, -0.1) is 11.3 Å². The van der Waals surface area contributed by atoms with Gasteiger partial charge < -0.3 is 5.32 Å². The summed E-state index contributed by atoms with van der Waals surface area (Å²) >= 11 is 1.56. The Hall–Kier alpha value is -1.33. The normalized spacial score (nSPS) is 12.6. The quantitative estimate of drug-likeness (QED) is 0.754. The van der Waals surface area contributed by atoms with Crippen molar-refractivity contribution in [1.29, 1.82) is 0 Å². The first kappa shape index (κ1) is 16.0. The van der Waals surface area contributed by atoms with Crippen molar-refractivity contribution in [2.45, 2.75) is 32.7 Å². The van der Waals surface area contributed by atoms with Crippen molar-refractivity contribution in [2.75, 3.05) is 6.54 Å². The molecule has 1 unspecified atom stereocenters. The van der Waals surface area contributed by atoms with E-state index in [-0.39, 0.29) is 5.56 Å². The Labute approximate surface area is 126 Å². The predicted molar refractivity (Wildman–Crippen MR) is 80.1 cm³/mol. The molecule has 1 heterocycles. The second-order valence-electron chi connectivity index (χ2n) is 4.83. The van der Waals surface area contributed by atoms with E-state index in [1.807, 2.05) is 26.0 Å². The summed E-state index contributed by atoms with van der Waals surface area (Å²) in [5.41, 5.74) is 0.145. The number of benzene rings is 1. The Morgan fingerprint density at radius 3 is 2.38 bits per heavy atom. The van der Waals surface area contributed by atoms with Gasteiger partial charge in [-0.2, -0.15) is 0 Å². The Morgan fingerprint density at radius 2 is 1.76 bits per heavy atom. The molecule has 0 aliphatic heterocycles. The molecule has 0 saturated heterocycles. The van der Waals surface area contributed by atoms with Crippen molar-refractivity contribution in [3.05, 3.63) is 57.0 Å². The van der Waals surface area contributed by atoms with E-state index in [0.29, 0.717) is 12.6 Å². The monoisotopic (exact) mass is 313 g/mol. The standard InChI is InChI=1S/C16H18F3NS/c1-3-7-20-16(15-6-5-10(4-2)21-15)11-8-13(18)14(19)9-12(11)17/h5-6,8-9,16,20H,3-4,7H2,1-2H3. The van der Waals surface area contributed by atoms with Crippen molar-refractivity contribution in [3.63, 3.8) is 0 Å². The molecular formula is C16H18F3NS. The third kappa shape index (κ3) is 3.66. The molecule has 21 heavy (non-hydrogen) atoms. The first-order valence-corrected chi connectivity index (χ1v) is 7.84. The van der Waals surface area contributed by atoms with Crippen LogP contribution in [0.4, 0.5) is 13.2 Å². The van der Waals surface area contributed by atoms with E-state index in [4.69, 9.17) is 0 Å². The van der Waals surface area contributed by atoms with E-state index >= 15 is 0 Å². The summed E-state index contributed by atoms with van der Waals surface area (Å²) in [7, 11) is 0. The fraction of sp³-hybridized carbons (Fsp3) is 0.375.